The van der Waals surface area contributed by atoms with E-state index in [0.717, 1.165) is 30.7 Å². The van der Waals surface area contributed by atoms with Crippen molar-refractivity contribution >= 4 is 5.82 Å². The number of rotatable bonds is 2. The van der Waals surface area contributed by atoms with Gasteiger partial charge in [-0.25, -0.2) is 9.97 Å². The molecule has 2 fully saturated rings. The number of nitrogens with one attached hydrogen (secondary N) is 2. The van der Waals surface area contributed by atoms with Crippen molar-refractivity contribution in [2.75, 3.05) is 5.32 Å². The highest BCUT2D eigenvalue weighted by atomic mass is 15.1. The molecule has 3 heterocycles. The highest BCUT2D eigenvalue weighted by Crippen LogP contribution is 2.31. The molecular weight excluding hydrogens is 224 g/mol. The van der Waals surface area contributed by atoms with Gasteiger partial charge in [0.15, 0.2) is 0 Å². The predicted molar refractivity (Wildman–Crippen MR) is 70.6 cm³/mol. The fourth-order valence-electron chi connectivity index (χ4n) is 3.85. The summed E-state index contributed by atoms with van der Waals surface area (Å²) in [6.07, 6.45) is 10.4. The zero-order chi connectivity index (χ0) is 11.9. The Bertz CT molecular complexity index is 447. The average molecular weight is 244 g/mol. The molecular formula is C14H20N4. The van der Waals surface area contributed by atoms with Crippen molar-refractivity contribution in [1.82, 2.24) is 15.3 Å². The van der Waals surface area contributed by atoms with Crippen molar-refractivity contribution in [1.29, 1.82) is 0 Å². The van der Waals surface area contributed by atoms with Crippen LogP contribution in [0.2, 0.25) is 0 Å². The first-order valence-corrected chi connectivity index (χ1v) is 7.24. The molecule has 2 aliphatic heterocycles. The lowest BCUT2D eigenvalue weighted by molar-refractivity contribution is 0.377. The van der Waals surface area contributed by atoms with E-state index in [1.807, 2.05) is 0 Å². The Balaban J connectivity index is 1.53. The van der Waals surface area contributed by atoms with Crippen molar-refractivity contribution in [2.24, 2.45) is 0 Å². The summed E-state index contributed by atoms with van der Waals surface area (Å²) >= 11 is 0. The van der Waals surface area contributed by atoms with Crippen molar-refractivity contribution in [3.8, 4) is 0 Å². The van der Waals surface area contributed by atoms with Gasteiger partial charge in [0.05, 0.1) is 0 Å². The van der Waals surface area contributed by atoms with Crippen molar-refractivity contribution in [2.45, 2.75) is 63.1 Å². The van der Waals surface area contributed by atoms with Crippen LogP contribution in [-0.2, 0) is 12.8 Å². The van der Waals surface area contributed by atoms with Gasteiger partial charge < -0.3 is 10.6 Å². The highest BCUT2D eigenvalue weighted by molar-refractivity contribution is 5.48. The first-order valence-electron chi connectivity index (χ1n) is 7.24. The summed E-state index contributed by atoms with van der Waals surface area (Å²) < 4.78 is 0. The second-order valence-corrected chi connectivity index (χ2v) is 5.95. The van der Waals surface area contributed by atoms with Gasteiger partial charge in [0.25, 0.3) is 0 Å². The molecule has 1 aromatic heterocycles. The average Bonchev–Trinajstić information content (AvgIpc) is 2.97. The summed E-state index contributed by atoms with van der Waals surface area (Å²) in [5, 5.41) is 7.38. The standard InChI is InChI=1S/C14H20N4/c1-2-12-13(3-1)15-8-16-14(12)18-11-6-9-4-5-10(7-11)17-9/h8-11,17H,1-7H2,(H,15,16,18). The molecule has 0 amide bonds. The summed E-state index contributed by atoms with van der Waals surface area (Å²) in [6, 6.07) is 2.07. The molecule has 0 saturated carbocycles. The maximum atomic E-state index is 4.47. The lowest BCUT2D eigenvalue weighted by Gasteiger charge is -2.30. The number of anilines is 1. The van der Waals surface area contributed by atoms with E-state index in [1.165, 1.54) is 43.4 Å². The third-order valence-electron chi connectivity index (χ3n) is 4.69. The topological polar surface area (TPSA) is 49.8 Å². The lowest BCUT2D eigenvalue weighted by atomic mass is 9.99. The van der Waals surface area contributed by atoms with Crippen molar-refractivity contribution in [3.63, 3.8) is 0 Å². The Hall–Kier alpha value is -1.16. The van der Waals surface area contributed by atoms with Gasteiger partial charge in [-0.05, 0) is 44.9 Å². The molecule has 4 rings (SSSR count). The number of aromatic nitrogens is 2. The molecule has 4 heteroatoms. The van der Waals surface area contributed by atoms with Crippen LogP contribution in [0.5, 0.6) is 0 Å². The van der Waals surface area contributed by atoms with E-state index in [1.54, 1.807) is 6.33 Å². The molecule has 3 aliphatic rings. The van der Waals surface area contributed by atoms with Gasteiger partial charge in [-0.2, -0.15) is 0 Å². The summed E-state index contributed by atoms with van der Waals surface area (Å²) in [5.41, 5.74) is 2.65. The number of fused-ring (bicyclic) bond motifs is 3. The minimum Gasteiger partial charge on any atom is -0.367 e. The molecule has 2 atom stereocenters. The van der Waals surface area contributed by atoms with E-state index in [0.29, 0.717) is 6.04 Å². The fraction of sp³-hybridized carbons (Fsp3) is 0.714. The summed E-state index contributed by atoms with van der Waals surface area (Å²) in [5.74, 6) is 1.11. The molecule has 0 spiro atoms. The number of piperidine rings is 1. The minimum absolute atomic E-state index is 0.600. The number of hydrogen-bond acceptors (Lipinski definition) is 4. The Morgan fingerprint density at radius 2 is 1.94 bits per heavy atom. The molecule has 18 heavy (non-hydrogen) atoms. The van der Waals surface area contributed by atoms with Gasteiger partial charge in [0, 0.05) is 29.4 Å². The number of hydrogen-bond donors (Lipinski definition) is 2. The molecule has 1 aromatic rings. The van der Waals surface area contributed by atoms with Gasteiger partial charge in [0.2, 0.25) is 0 Å². The molecule has 2 unspecified atom stereocenters. The first-order chi connectivity index (χ1) is 8.88. The zero-order valence-electron chi connectivity index (χ0n) is 10.7. The Morgan fingerprint density at radius 3 is 2.78 bits per heavy atom. The van der Waals surface area contributed by atoms with E-state index in [-0.39, 0.29) is 0 Å². The van der Waals surface area contributed by atoms with Gasteiger partial charge in [-0.3, -0.25) is 0 Å². The Kier molecular flexibility index (Phi) is 2.50. The Labute approximate surface area is 108 Å². The molecule has 2 saturated heterocycles. The smallest absolute Gasteiger partial charge is 0.133 e. The van der Waals surface area contributed by atoms with Crippen LogP contribution in [0.1, 0.15) is 43.4 Å². The third kappa shape index (κ3) is 1.79. The summed E-state index contributed by atoms with van der Waals surface area (Å²) in [6.45, 7) is 0. The van der Waals surface area contributed by atoms with Crippen LogP contribution in [0.4, 0.5) is 5.82 Å². The summed E-state index contributed by atoms with van der Waals surface area (Å²) in [7, 11) is 0. The molecule has 4 nitrogen and oxygen atoms in total. The second kappa shape index (κ2) is 4.19. The minimum atomic E-state index is 0.600. The lowest BCUT2D eigenvalue weighted by Crippen LogP contribution is -2.43. The summed E-state index contributed by atoms with van der Waals surface area (Å²) in [4.78, 5) is 8.86. The van der Waals surface area contributed by atoms with Crippen LogP contribution in [-0.4, -0.2) is 28.1 Å². The van der Waals surface area contributed by atoms with Crippen LogP contribution < -0.4 is 10.6 Å². The predicted octanol–water partition coefficient (Wildman–Crippen LogP) is 1.66. The molecule has 1 aliphatic carbocycles. The van der Waals surface area contributed by atoms with Gasteiger partial charge >= 0.3 is 0 Å². The van der Waals surface area contributed by atoms with Gasteiger partial charge in [-0.15, -0.1) is 0 Å². The van der Waals surface area contributed by atoms with Crippen LogP contribution in [0.15, 0.2) is 6.33 Å². The van der Waals surface area contributed by atoms with E-state index < -0.39 is 0 Å². The van der Waals surface area contributed by atoms with Crippen LogP contribution in [0.25, 0.3) is 0 Å². The molecule has 96 valence electrons. The van der Waals surface area contributed by atoms with E-state index >= 15 is 0 Å². The highest BCUT2D eigenvalue weighted by Gasteiger charge is 2.33. The molecule has 0 radical (unpaired) electrons. The largest absolute Gasteiger partial charge is 0.367 e. The van der Waals surface area contributed by atoms with Gasteiger partial charge in [0.1, 0.15) is 12.1 Å². The van der Waals surface area contributed by atoms with Crippen LogP contribution >= 0.6 is 0 Å². The first kappa shape index (κ1) is 10.7. The van der Waals surface area contributed by atoms with E-state index in [9.17, 15) is 0 Å². The van der Waals surface area contributed by atoms with Gasteiger partial charge in [-0.1, -0.05) is 0 Å². The Morgan fingerprint density at radius 1 is 1.11 bits per heavy atom. The maximum absolute atomic E-state index is 4.47. The third-order valence-corrected chi connectivity index (χ3v) is 4.69. The monoisotopic (exact) mass is 244 g/mol. The van der Waals surface area contributed by atoms with E-state index in [2.05, 4.69) is 20.6 Å². The van der Waals surface area contributed by atoms with Crippen molar-refractivity contribution in [3.05, 3.63) is 17.6 Å². The molecule has 0 aromatic carbocycles. The quantitative estimate of drug-likeness (QED) is 0.830. The molecule has 2 N–H and O–H groups in total. The molecule has 2 bridgehead atoms. The van der Waals surface area contributed by atoms with Crippen LogP contribution in [0, 0.1) is 0 Å². The normalized spacial score (nSPS) is 33.4. The maximum Gasteiger partial charge on any atom is 0.133 e. The van der Waals surface area contributed by atoms with Crippen LogP contribution in [0.3, 0.4) is 0 Å². The number of nitrogens with zero attached hydrogens (tertiary/aromatic N) is 2. The zero-order valence-corrected chi connectivity index (χ0v) is 10.7. The van der Waals surface area contributed by atoms with E-state index in [4.69, 9.17) is 0 Å². The van der Waals surface area contributed by atoms with Crippen molar-refractivity contribution < 1.29 is 0 Å². The second-order valence-electron chi connectivity index (χ2n) is 5.95. The fourth-order valence-corrected chi connectivity index (χ4v) is 3.85. The SMILES string of the molecule is c1nc2c(c(NC3CC4CCC(C3)N4)n1)CCC2. The number of aryl methyl sites for hydroxylation is 1.